The molecule has 7 heteroatoms. The van der Waals surface area contributed by atoms with Gasteiger partial charge in [0.2, 0.25) is 5.65 Å². The van der Waals surface area contributed by atoms with Crippen molar-refractivity contribution in [1.29, 1.82) is 0 Å². The lowest BCUT2D eigenvalue weighted by Gasteiger charge is -2.32. The first-order valence-electron chi connectivity index (χ1n) is 8.45. The van der Waals surface area contributed by atoms with E-state index < -0.39 is 6.10 Å². The Morgan fingerprint density at radius 1 is 1.33 bits per heavy atom. The predicted octanol–water partition coefficient (Wildman–Crippen LogP) is 2.59. The third-order valence-electron chi connectivity index (χ3n) is 4.71. The smallest absolute Gasteiger partial charge is 0.203 e. The van der Waals surface area contributed by atoms with Gasteiger partial charge in [-0.2, -0.15) is 0 Å². The number of nitrogens with zero attached hydrogens (tertiary/aromatic N) is 5. The predicted molar refractivity (Wildman–Crippen MR) is 88.7 cm³/mol. The van der Waals surface area contributed by atoms with Crippen LogP contribution in [0.4, 0.5) is 5.82 Å². The van der Waals surface area contributed by atoms with E-state index in [4.69, 9.17) is 4.42 Å². The van der Waals surface area contributed by atoms with Crippen LogP contribution in [0.15, 0.2) is 41.5 Å². The number of aromatic nitrogens is 4. The van der Waals surface area contributed by atoms with E-state index in [2.05, 4.69) is 20.1 Å². The van der Waals surface area contributed by atoms with Crippen LogP contribution >= 0.6 is 0 Å². The molecule has 0 radical (unpaired) electrons. The largest absolute Gasteiger partial charge is 0.467 e. The fourth-order valence-corrected chi connectivity index (χ4v) is 3.50. The first-order chi connectivity index (χ1) is 11.8. The molecule has 4 heterocycles. The van der Waals surface area contributed by atoms with Gasteiger partial charge in [0.15, 0.2) is 5.82 Å². The lowest BCUT2D eigenvalue weighted by atomic mass is 10.0. The summed E-state index contributed by atoms with van der Waals surface area (Å²) in [4.78, 5) is 6.84. The summed E-state index contributed by atoms with van der Waals surface area (Å²) in [5.74, 6) is 1.46. The number of aliphatic hydroxyl groups is 1. The van der Waals surface area contributed by atoms with Crippen LogP contribution in [0.2, 0.25) is 0 Å². The molecule has 1 N–H and O–H groups in total. The van der Waals surface area contributed by atoms with Gasteiger partial charge < -0.3 is 14.4 Å². The minimum absolute atomic E-state index is 0.197. The van der Waals surface area contributed by atoms with Gasteiger partial charge in [-0.05, 0) is 25.0 Å². The zero-order valence-electron chi connectivity index (χ0n) is 13.5. The Morgan fingerprint density at radius 3 is 3.17 bits per heavy atom. The monoisotopic (exact) mass is 327 g/mol. The molecule has 3 aromatic heterocycles. The van der Waals surface area contributed by atoms with E-state index in [1.807, 2.05) is 22.7 Å². The summed E-state index contributed by atoms with van der Waals surface area (Å²) in [6, 6.07) is 3.83. The Labute approximate surface area is 139 Å². The SMILES string of the molecule is O[C@H](C[C@H]1CCCCCN1c1nccn2cnnc12)c1ccco1. The molecule has 0 aliphatic carbocycles. The highest BCUT2D eigenvalue weighted by molar-refractivity contribution is 5.63. The maximum atomic E-state index is 10.5. The molecule has 1 aliphatic rings. The number of furan rings is 1. The van der Waals surface area contributed by atoms with Gasteiger partial charge in [-0.25, -0.2) is 4.98 Å². The van der Waals surface area contributed by atoms with Crippen molar-refractivity contribution in [2.24, 2.45) is 0 Å². The molecule has 1 saturated heterocycles. The van der Waals surface area contributed by atoms with Crippen LogP contribution < -0.4 is 4.90 Å². The molecule has 3 aromatic rings. The van der Waals surface area contributed by atoms with Crippen molar-refractivity contribution in [3.8, 4) is 0 Å². The molecule has 7 nitrogen and oxygen atoms in total. The highest BCUT2D eigenvalue weighted by Crippen LogP contribution is 2.30. The van der Waals surface area contributed by atoms with Gasteiger partial charge in [0.05, 0.1) is 6.26 Å². The number of hydrogen-bond donors (Lipinski definition) is 1. The Kier molecular flexibility index (Phi) is 4.17. The minimum atomic E-state index is -0.608. The molecule has 4 rings (SSSR count). The van der Waals surface area contributed by atoms with Gasteiger partial charge in [0, 0.05) is 31.4 Å². The topological polar surface area (TPSA) is 79.7 Å². The summed E-state index contributed by atoms with van der Waals surface area (Å²) in [6.07, 6.45) is 11.4. The van der Waals surface area contributed by atoms with Crippen molar-refractivity contribution in [1.82, 2.24) is 19.6 Å². The zero-order valence-corrected chi connectivity index (χ0v) is 13.5. The second kappa shape index (κ2) is 6.60. The number of rotatable bonds is 4. The summed E-state index contributed by atoms with van der Waals surface area (Å²) in [7, 11) is 0. The number of anilines is 1. The molecule has 0 amide bonds. The second-order valence-electron chi connectivity index (χ2n) is 6.28. The van der Waals surface area contributed by atoms with E-state index in [-0.39, 0.29) is 6.04 Å². The van der Waals surface area contributed by atoms with Crippen LogP contribution in [0.25, 0.3) is 5.65 Å². The van der Waals surface area contributed by atoms with E-state index in [1.54, 1.807) is 18.8 Å². The molecular weight excluding hydrogens is 306 g/mol. The average molecular weight is 327 g/mol. The first-order valence-corrected chi connectivity index (χ1v) is 8.45. The normalized spacial score (nSPS) is 20.2. The summed E-state index contributed by atoms with van der Waals surface area (Å²) < 4.78 is 7.24. The molecule has 0 bridgehead atoms. The van der Waals surface area contributed by atoms with Gasteiger partial charge >= 0.3 is 0 Å². The number of fused-ring (bicyclic) bond motifs is 1. The van der Waals surface area contributed by atoms with E-state index in [0.29, 0.717) is 12.2 Å². The summed E-state index contributed by atoms with van der Waals surface area (Å²) in [6.45, 7) is 0.912. The van der Waals surface area contributed by atoms with Gasteiger partial charge in [-0.1, -0.05) is 12.8 Å². The lowest BCUT2D eigenvalue weighted by molar-refractivity contribution is 0.129. The third-order valence-corrected chi connectivity index (χ3v) is 4.71. The molecule has 0 spiro atoms. The van der Waals surface area contributed by atoms with Crippen LogP contribution in [0.3, 0.4) is 0 Å². The third kappa shape index (κ3) is 2.87. The molecule has 24 heavy (non-hydrogen) atoms. The zero-order chi connectivity index (χ0) is 16.4. The standard InChI is InChI=1S/C17H21N5O2/c23-14(15-6-4-10-24-15)11-13-5-2-1-3-8-22(13)16-17-20-19-12-21(17)9-7-18-16/h4,6-7,9-10,12-14,23H,1-3,5,8,11H2/t13-,14-/m1/s1. The van der Waals surface area contributed by atoms with Crippen molar-refractivity contribution < 1.29 is 9.52 Å². The minimum Gasteiger partial charge on any atom is -0.467 e. The molecule has 0 aromatic carbocycles. The quantitative estimate of drug-likeness (QED) is 0.793. The van der Waals surface area contributed by atoms with Crippen molar-refractivity contribution >= 4 is 11.5 Å². The fourth-order valence-electron chi connectivity index (χ4n) is 3.50. The fraction of sp³-hybridized carbons (Fsp3) is 0.471. The van der Waals surface area contributed by atoms with Gasteiger partial charge in [-0.3, -0.25) is 4.40 Å². The maximum absolute atomic E-state index is 10.5. The maximum Gasteiger partial charge on any atom is 0.203 e. The molecule has 1 aliphatic heterocycles. The molecular formula is C17H21N5O2. The van der Waals surface area contributed by atoms with Crippen molar-refractivity contribution in [3.63, 3.8) is 0 Å². The van der Waals surface area contributed by atoms with Crippen molar-refractivity contribution in [3.05, 3.63) is 42.9 Å². The molecule has 0 unspecified atom stereocenters. The van der Waals surface area contributed by atoms with Crippen LogP contribution in [0.5, 0.6) is 0 Å². The Hall–Kier alpha value is -2.41. The van der Waals surface area contributed by atoms with Crippen LogP contribution in [-0.4, -0.2) is 37.3 Å². The van der Waals surface area contributed by atoms with Gasteiger partial charge in [-0.15, -0.1) is 10.2 Å². The van der Waals surface area contributed by atoms with Crippen molar-refractivity contribution in [2.75, 3.05) is 11.4 Å². The molecule has 1 fully saturated rings. The number of hydrogen-bond acceptors (Lipinski definition) is 6. The van der Waals surface area contributed by atoms with Crippen LogP contribution in [-0.2, 0) is 0 Å². The van der Waals surface area contributed by atoms with Crippen LogP contribution in [0, 0.1) is 0 Å². The second-order valence-corrected chi connectivity index (χ2v) is 6.28. The number of aliphatic hydroxyl groups excluding tert-OH is 1. The van der Waals surface area contributed by atoms with E-state index in [1.165, 1.54) is 6.42 Å². The summed E-state index contributed by atoms with van der Waals surface area (Å²) in [5.41, 5.74) is 0.761. The Balaban J connectivity index is 1.64. The summed E-state index contributed by atoms with van der Waals surface area (Å²) in [5, 5.41) is 18.7. The Bertz CT molecular complexity index is 785. The van der Waals surface area contributed by atoms with E-state index >= 15 is 0 Å². The van der Waals surface area contributed by atoms with Crippen LogP contribution in [0.1, 0.15) is 44.0 Å². The van der Waals surface area contributed by atoms with E-state index in [9.17, 15) is 5.11 Å². The summed E-state index contributed by atoms with van der Waals surface area (Å²) >= 11 is 0. The molecule has 126 valence electrons. The van der Waals surface area contributed by atoms with Gasteiger partial charge in [0.25, 0.3) is 0 Å². The van der Waals surface area contributed by atoms with Crippen molar-refractivity contribution in [2.45, 2.75) is 44.2 Å². The lowest BCUT2D eigenvalue weighted by Crippen LogP contribution is -2.37. The van der Waals surface area contributed by atoms with E-state index in [0.717, 1.165) is 37.3 Å². The molecule has 0 saturated carbocycles. The van der Waals surface area contributed by atoms with Gasteiger partial charge in [0.1, 0.15) is 18.2 Å². The highest BCUT2D eigenvalue weighted by Gasteiger charge is 2.28. The average Bonchev–Trinajstić information content (AvgIpc) is 3.24. The first kappa shape index (κ1) is 15.1. The Morgan fingerprint density at radius 2 is 2.29 bits per heavy atom. The highest BCUT2D eigenvalue weighted by atomic mass is 16.4. The molecule has 2 atom stereocenters.